The summed E-state index contributed by atoms with van der Waals surface area (Å²) in [6.45, 7) is 3.78. The van der Waals surface area contributed by atoms with Gasteiger partial charge in [0.1, 0.15) is 5.78 Å². The van der Waals surface area contributed by atoms with Crippen LogP contribution in [0.4, 0.5) is 0 Å². The monoisotopic (exact) mass is 258 g/mol. The SMILES string of the molecule is CCCC(=O)C(CCC)C(C(=O)OC)C(=O)OC. The van der Waals surface area contributed by atoms with Gasteiger partial charge in [0.2, 0.25) is 0 Å². The van der Waals surface area contributed by atoms with Crippen LogP contribution in [0.25, 0.3) is 0 Å². The van der Waals surface area contributed by atoms with E-state index in [-0.39, 0.29) is 5.78 Å². The Labute approximate surface area is 108 Å². The third kappa shape index (κ3) is 4.47. The summed E-state index contributed by atoms with van der Waals surface area (Å²) in [5.74, 6) is -3.27. The van der Waals surface area contributed by atoms with Crippen molar-refractivity contribution in [2.75, 3.05) is 14.2 Å². The Balaban J connectivity index is 5.14. The van der Waals surface area contributed by atoms with Gasteiger partial charge in [-0.15, -0.1) is 0 Å². The van der Waals surface area contributed by atoms with Gasteiger partial charge >= 0.3 is 11.9 Å². The second-order valence-corrected chi connectivity index (χ2v) is 4.14. The summed E-state index contributed by atoms with van der Waals surface area (Å²) in [6.07, 6.45) is 2.24. The molecular formula is C13H22O5. The summed E-state index contributed by atoms with van der Waals surface area (Å²) >= 11 is 0. The van der Waals surface area contributed by atoms with Crippen molar-refractivity contribution in [3.63, 3.8) is 0 Å². The van der Waals surface area contributed by atoms with Crippen molar-refractivity contribution in [3.05, 3.63) is 0 Å². The Morgan fingerprint density at radius 2 is 1.44 bits per heavy atom. The third-order valence-electron chi connectivity index (χ3n) is 2.82. The number of carbonyl (C=O) groups excluding carboxylic acids is 3. The van der Waals surface area contributed by atoms with Gasteiger partial charge in [0.05, 0.1) is 14.2 Å². The highest BCUT2D eigenvalue weighted by Gasteiger charge is 2.39. The lowest BCUT2D eigenvalue weighted by Crippen LogP contribution is -2.37. The smallest absolute Gasteiger partial charge is 0.320 e. The minimum atomic E-state index is -1.14. The molecular weight excluding hydrogens is 236 g/mol. The Hall–Kier alpha value is -1.39. The molecule has 0 saturated heterocycles. The van der Waals surface area contributed by atoms with Crippen molar-refractivity contribution in [2.45, 2.75) is 39.5 Å². The topological polar surface area (TPSA) is 69.7 Å². The number of ketones is 1. The Morgan fingerprint density at radius 1 is 0.944 bits per heavy atom. The van der Waals surface area contributed by atoms with Crippen LogP contribution < -0.4 is 0 Å². The summed E-state index contributed by atoms with van der Waals surface area (Å²) in [4.78, 5) is 35.3. The maximum atomic E-state index is 12.0. The molecule has 0 aromatic rings. The number of Topliss-reactive ketones (excluding diaryl/α,β-unsaturated/α-hetero) is 1. The highest BCUT2D eigenvalue weighted by atomic mass is 16.5. The molecule has 5 nitrogen and oxygen atoms in total. The predicted octanol–water partition coefficient (Wildman–Crippen LogP) is 1.73. The summed E-state index contributed by atoms with van der Waals surface area (Å²) in [7, 11) is 2.40. The van der Waals surface area contributed by atoms with Crippen LogP contribution >= 0.6 is 0 Å². The van der Waals surface area contributed by atoms with Crippen LogP contribution in [0.1, 0.15) is 39.5 Å². The average molecular weight is 258 g/mol. The zero-order valence-electron chi connectivity index (χ0n) is 11.5. The minimum Gasteiger partial charge on any atom is -0.468 e. The number of esters is 2. The predicted molar refractivity (Wildman–Crippen MR) is 65.8 cm³/mol. The normalized spacial score (nSPS) is 12.1. The molecule has 0 heterocycles. The van der Waals surface area contributed by atoms with Crippen LogP contribution in [0.2, 0.25) is 0 Å². The van der Waals surface area contributed by atoms with Gasteiger partial charge in [0.25, 0.3) is 0 Å². The van der Waals surface area contributed by atoms with Crippen molar-refractivity contribution in [1.82, 2.24) is 0 Å². The molecule has 0 radical (unpaired) electrons. The number of rotatable bonds is 8. The number of hydrogen-bond donors (Lipinski definition) is 0. The highest BCUT2D eigenvalue weighted by Crippen LogP contribution is 2.23. The zero-order valence-corrected chi connectivity index (χ0v) is 11.5. The lowest BCUT2D eigenvalue weighted by atomic mass is 9.83. The van der Waals surface area contributed by atoms with Crippen molar-refractivity contribution in [2.24, 2.45) is 11.8 Å². The summed E-state index contributed by atoms with van der Waals surface area (Å²) in [5.41, 5.74) is 0. The molecule has 0 aromatic heterocycles. The van der Waals surface area contributed by atoms with Crippen LogP contribution in [-0.2, 0) is 23.9 Å². The van der Waals surface area contributed by atoms with E-state index in [4.69, 9.17) is 0 Å². The highest BCUT2D eigenvalue weighted by molar-refractivity contribution is 6.00. The van der Waals surface area contributed by atoms with Crippen molar-refractivity contribution < 1.29 is 23.9 Å². The fraction of sp³-hybridized carbons (Fsp3) is 0.769. The molecule has 0 saturated carbocycles. The summed E-state index contributed by atoms with van der Waals surface area (Å²) in [5, 5.41) is 0. The molecule has 0 bridgehead atoms. The first kappa shape index (κ1) is 16.6. The molecule has 1 unspecified atom stereocenters. The molecule has 5 heteroatoms. The van der Waals surface area contributed by atoms with Crippen LogP contribution in [0.15, 0.2) is 0 Å². The number of carbonyl (C=O) groups is 3. The van der Waals surface area contributed by atoms with E-state index in [2.05, 4.69) is 9.47 Å². The van der Waals surface area contributed by atoms with E-state index in [9.17, 15) is 14.4 Å². The summed E-state index contributed by atoms with van der Waals surface area (Å²) in [6, 6.07) is 0. The first-order chi connectivity index (χ1) is 8.53. The van der Waals surface area contributed by atoms with E-state index in [0.29, 0.717) is 25.7 Å². The minimum absolute atomic E-state index is 0.0832. The molecule has 0 aromatic carbocycles. The fourth-order valence-electron chi connectivity index (χ4n) is 1.94. The van der Waals surface area contributed by atoms with Crippen LogP contribution in [0, 0.1) is 11.8 Å². The van der Waals surface area contributed by atoms with Crippen LogP contribution in [0.5, 0.6) is 0 Å². The molecule has 0 spiro atoms. The van der Waals surface area contributed by atoms with Crippen molar-refractivity contribution in [3.8, 4) is 0 Å². The summed E-state index contributed by atoms with van der Waals surface area (Å²) < 4.78 is 9.20. The quantitative estimate of drug-likeness (QED) is 0.490. The number of methoxy groups -OCH3 is 2. The van der Waals surface area contributed by atoms with Crippen LogP contribution in [0.3, 0.4) is 0 Å². The lowest BCUT2D eigenvalue weighted by molar-refractivity contribution is -0.163. The zero-order chi connectivity index (χ0) is 14.1. The molecule has 0 aliphatic carbocycles. The molecule has 0 aliphatic heterocycles. The standard InChI is InChI=1S/C13H22O5/c1-5-7-9(10(14)8-6-2)11(12(15)17-3)13(16)18-4/h9,11H,5-8H2,1-4H3. The van der Waals surface area contributed by atoms with E-state index < -0.39 is 23.8 Å². The van der Waals surface area contributed by atoms with Gasteiger partial charge in [0.15, 0.2) is 5.92 Å². The molecule has 0 amide bonds. The van der Waals surface area contributed by atoms with Gasteiger partial charge in [-0.3, -0.25) is 14.4 Å². The Bertz CT molecular complexity index is 282. The van der Waals surface area contributed by atoms with E-state index in [1.54, 1.807) is 0 Å². The number of hydrogen-bond acceptors (Lipinski definition) is 5. The molecule has 0 rings (SSSR count). The average Bonchev–Trinajstić information content (AvgIpc) is 2.37. The van der Waals surface area contributed by atoms with Crippen molar-refractivity contribution in [1.29, 1.82) is 0 Å². The van der Waals surface area contributed by atoms with Gasteiger partial charge in [-0.25, -0.2) is 0 Å². The molecule has 0 fully saturated rings. The largest absolute Gasteiger partial charge is 0.468 e. The fourth-order valence-corrected chi connectivity index (χ4v) is 1.94. The van der Waals surface area contributed by atoms with Gasteiger partial charge in [-0.05, 0) is 12.8 Å². The lowest BCUT2D eigenvalue weighted by Gasteiger charge is -2.21. The van der Waals surface area contributed by atoms with E-state index >= 15 is 0 Å². The van der Waals surface area contributed by atoms with Gasteiger partial charge in [-0.1, -0.05) is 20.3 Å². The molecule has 0 N–H and O–H groups in total. The first-order valence-corrected chi connectivity index (χ1v) is 6.21. The number of ether oxygens (including phenoxy) is 2. The maximum absolute atomic E-state index is 12.0. The Kier molecular flexibility index (Phi) is 8.00. The van der Waals surface area contributed by atoms with Gasteiger partial charge < -0.3 is 9.47 Å². The molecule has 0 aliphatic rings. The first-order valence-electron chi connectivity index (χ1n) is 6.21. The third-order valence-corrected chi connectivity index (χ3v) is 2.82. The van der Waals surface area contributed by atoms with E-state index in [1.807, 2.05) is 13.8 Å². The second kappa shape index (κ2) is 8.66. The second-order valence-electron chi connectivity index (χ2n) is 4.14. The molecule has 104 valence electrons. The molecule has 18 heavy (non-hydrogen) atoms. The van der Waals surface area contributed by atoms with Gasteiger partial charge in [-0.2, -0.15) is 0 Å². The Morgan fingerprint density at radius 3 is 1.78 bits per heavy atom. The van der Waals surface area contributed by atoms with E-state index in [1.165, 1.54) is 14.2 Å². The van der Waals surface area contributed by atoms with Gasteiger partial charge in [0, 0.05) is 12.3 Å². The maximum Gasteiger partial charge on any atom is 0.320 e. The molecule has 1 atom stereocenters. The van der Waals surface area contributed by atoms with E-state index in [0.717, 1.165) is 0 Å². The van der Waals surface area contributed by atoms with Crippen molar-refractivity contribution >= 4 is 17.7 Å². The van der Waals surface area contributed by atoms with Crippen LogP contribution in [-0.4, -0.2) is 31.9 Å².